The van der Waals surface area contributed by atoms with E-state index >= 15 is 0 Å². The number of benzene rings is 2. The molecule has 1 unspecified atom stereocenters. The molecule has 3 heteroatoms. The van der Waals surface area contributed by atoms with Crippen molar-refractivity contribution in [3.05, 3.63) is 71.3 Å². The van der Waals surface area contributed by atoms with Gasteiger partial charge in [0, 0.05) is 0 Å². The summed E-state index contributed by atoms with van der Waals surface area (Å²) in [6, 6.07) is 13.1. The third-order valence-corrected chi connectivity index (χ3v) is 3.31. The second-order valence-electron chi connectivity index (χ2n) is 4.15. The van der Waals surface area contributed by atoms with Gasteiger partial charge in [0.15, 0.2) is 0 Å². The Balaban J connectivity index is 2.01. The molecule has 94 valence electrons. The van der Waals surface area contributed by atoms with E-state index in [0.29, 0.717) is 18.4 Å². The number of aryl methyl sites for hydroxylation is 1. The Bertz CT molecular complexity index is 511. The second kappa shape index (κ2) is 5.96. The fraction of sp³-hybridized carbons (Fsp3) is 0.200. The molecular weight excluding hydrogens is 254 g/mol. The van der Waals surface area contributed by atoms with Crippen molar-refractivity contribution in [1.82, 2.24) is 0 Å². The average Bonchev–Trinajstić information content (AvgIpc) is 2.40. The monoisotopic (exact) mass is 266 g/mol. The molecule has 0 radical (unpaired) electrons. The molecule has 2 aromatic rings. The summed E-state index contributed by atoms with van der Waals surface area (Å²) < 4.78 is 26.4. The van der Waals surface area contributed by atoms with E-state index in [0.717, 1.165) is 17.7 Å². The summed E-state index contributed by atoms with van der Waals surface area (Å²) in [5.41, 5.74) is 1.37. The third kappa shape index (κ3) is 3.30. The van der Waals surface area contributed by atoms with Gasteiger partial charge in [0.2, 0.25) is 0 Å². The Morgan fingerprint density at radius 2 is 1.72 bits per heavy atom. The lowest BCUT2D eigenvalue weighted by Crippen LogP contribution is -1.97. The van der Waals surface area contributed by atoms with E-state index in [4.69, 9.17) is 11.6 Å². The van der Waals surface area contributed by atoms with E-state index in [-0.39, 0.29) is 11.2 Å². The van der Waals surface area contributed by atoms with Crippen LogP contribution in [-0.4, -0.2) is 0 Å². The minimum Gasteiger partial charge on any atom is -0.207 e. The van der Waals surface area contributed by atoms with E-state index in [2.05, 4.69) is 0 Å². The Morgan fingerprint density at radius 1 is 1.00 bits per heavy atom. The summed E-state index contributed by atoms with van der Waals surface area (Å²) >= 11 is 6.23. The topological polar surface area (TPSA) is 0 Å². The van der Waals surface area contributed by atoms with E-state index < -0.39 is 5.82 Å². The molecule has 0 heterocycles. The van der Waals surface area contributed by atoms with Crippen LogP contribution in [0.4, 0.5) is 8.78 Å². The normalized spacial score (nSPS) is 12.4. The van der Waals surface area contributed by atoms with Crippen LogP contribution in [0, 0.1) is 11.6 Å². The standard InChI is InChI=1S/C15H13ClF2/c16-14(11-4-2-1-3-5-11)8-6-12-10-13(17)7-9-15(12)18/h1-5,7,9-10,14H,6,8H2. The molecule has 0 nitrogen and oxygen atoms in total. The van der Waals surface area contributed by atoms with Gasteiger partial charge in [-0.1, -0.05) is 30.3 Å². The Labute approximate surface area is 110 Å². The Morgan fingerprint density at radius 3 is 2.44 bits per heavy atom. The highest BCUT2D eigenvalue weighted by atomic mass is 35.5. The van der Waals surface area contributed by atoms with Crippen LogP contribution in [0.5, 0.6) is 0 Å². The van der Waals surface area contributed by atoms with Crippen LogP contribution < -0.4 is 0 Å². The van der Waals surface area contributed by atoms with E-state index in [1.54, 1.807) is 0 Å². The lowest BCUT2D eigenvalue weighted by molar-refractivity contribution is 0.580. The molecule has 1 atom stereocenters. The number of hydrogen-bond acceptors (Lipinski definition) is 0. The molecule has 0 aliphatic heterocycles. The maximum absolute atomic E-state index is 13.4. The molecule has 18 heavy (non-hydrogen) atoms. The van der Waals surface area contributed by atoms with Gasteiger partial charge in [-0.15, -0.1) is 11.6 Å². The van der Waals surface area contributed by atoms with Gasteiger partial charge in [-0.3, -0.25) is 0 Å². The van der Waals surface area contributed by atoms with Crippen LogP contribution in [0.15, 0.2) is 48.5 Å². The lowest BCUT2D eigenvalue weighted by atomic mass is 10.0. The third-order valence-electron chi connectivity index (χ3n) is 2.84. The van der Waals surface area contributed by atoms with Crippen LogP contribution in [0.25, 0.3) is 0 Å². The van der Waals surface area contributed by atoms with Gasteiger partial charge in [-0.2, -0.15) is 0 Å². The highest BCUT2D eigenvalue weighted by Crippen LogP contribution is 2.26. The SMILES string of the molecule is Fc1ccc(F)c(CCC(Cl)c2ccccc2)c1. The van der Waals surface area contributed by atoms with Gasteiger partial charge >= 0.3 is 0 Å². The van der Waals surface area contributed by atoms with E-state index in [9.17, 15) is 8.78 Å². The molecule has 0 bridgehead atoms. The first-order chi connectivity index (χ1) is 8.66. The van der Waals surface area contributed by atoms with Crippen molar-refractivity contribution in [1.29, 1.82) is 0 Å². The molecule has 0 aromatic heterocycles. The van der Waals surface area contributed by atoms with Crippen LogP contribution >= 0.6 is 11.6 Å². The van der Waals surface area contributed by atoms with E-state index in [1.807, 2.05) is 30.3 Å². The average molecular weight is 267 g/mol. The molecular formula is C15H13ClF2. The molecule has 2 aromatic carbocycles. The van der Waals surface area contributed by atoms with Crippen LogP contribution in [0.2, 0.25) is 0 Å². The summed E-state index contributed by atoms with van der Waals surface area (Å²) in [6.07, 6.45) is 0.999. The quantitative estimate of drug-likeness (QED) is 0.692. The van der Waals surface area contributed by atoms with Gasteiger partial charge < -0.3 is 0 Å². The number of alkyl halides is 1. The van der Waals surface area contributed by atoms with Crippen molar-refractivity contribution in [3.8, 4) is 0 Å². The zero-order valence-electron chi connectivity index (χ0n) is 9.74. The molecule has 0 spiro atoms. The van der Waals surface area contributed by atoms with E-state index in [1.165, 1.54) is 6.07 Å². The number of rotatable bonds is 4. The maximum atomic E-state index is 13.4. The summed E-state index contributed by atoms with van der Waals surface area (Å²) in [7, 11) is 0. The largest absolute Gasteiger partial charge is 0.207 e. The summed E-state index contributed by atoms with van der Waals surface area (Å²) in [5.74, 6) is -0.800. The highest BCUT2D eigenvalue weighted by Gasteiger charge is 2.10. The Kier molecular flexibility index (Phi) is 4.32. The van der Waals surface area contributed by atoms with Crippen LogP contribution in [-0.2, 0) is 6.42 Å². The molecule has 0 saturated carbocycles. The number of halogens is 3. The lowest BCUT2D eigenvalue weighted by Gasteiger charge is -2.10. The first-order valence-corrected chi connectivity index (χ1v) is 6.23. The van der Waals surface area contributed by atoms with Crippen LogP contribution in [0.3, 0.4) is 0 Å². The van der Waals surface area contributed by atoms with Crippen LogP contribution in [0.1, 0.15) is 22.9 Å². The molecule has 2 rings (SSSR count). The molecule has 0 N–H and O–H groups in total. The second-order valence-corrected chi connectivity index (χ2v) is 4.68. The summed E-state index contributed by atoms with van der Waals surface area (Å²) in [4.78, 5) is 0. The maximum Gasteiger partial charge on any atom is 0.126 e. The van der Waals surface area contributed by atoms with Gasteiger partial charge in [0.05, 0.1) is 5.38 Å². The predicted octanol–water partition coefficient (Wildman–Crippen LogP) is 4.88. The predicted molar refractivity (Wildman–Crippen MR) is 69.7 cm³/mol. The zero-order chi connectivity index (χ0) is 13.0. The molecule has 0 amide bonds. The molecule has 0 aliphatic rings. The molecule has 0 saturated heterocycles. The summed E-state index contributed by atoms with van der Waals surface area (Å²) in [5, 5.41) is -0.186. The fourth-order valence-electron chi connectivity index (χ4n) is 1.85. The minimum atomic E-state index is -0.419. The molecule has 0 aliphatic carbocycles. The summed E-state index contributed by atoms with van der Waals surface area (Å²) in [6.45, 7) is 0. The minimum absolute atomic E-state index is 0.186. The van der Waals surface area contributed by atoms with Crippen molar-refractivity contribution < 1.29 is 8.78 Å². The van der Waals surface area contributed by atoms with Gasteiger partial charge in [0.25, 0.3) is 0 Å². The van der Waals surface area contributed by atoms with Gasteiger partial charge in [0.1, 0.15) is 11.6 Å². The van der Waals surface area contributed by atoms with Crippen molar-refractivity contribution in [2.75, 3.05) is 0 Å². The zero-order valence-corrected chi connectivity index (χ0v) is 10.5. The molecule has 0 fully saturated rings. The number of hydrogen-bond donors (Lipinski definition) is 0. The van der Waals surface area contributed by atoms with Gasteiger partial charge in [-0.25, -0.2) is 8.78 Å². The van der Waals surface area contributed by atoms with Crippen molar-refractivity contribution in [2.45, 2.75) is 18.2 Å². The first kappa shape index (κ1) is 13.0. The van der Waals surface area contributed by atoms with Crippen molar-refractivity contribution in [2.24, 2.45) is 0 Å². The smallest absolute Gasteiger partial charge is 0.126 e. The highest BCUT2D eigenvalue weighted by molar-refractivity contribution is 6.20. The van der Waals surface area contributed by atoms with Crippen molar-refractivity contribution >= 4 is 11.6 Å². The first-order valence-electron chi connectivity index (χ1n) is 5.80. The Hall–Kier alpha value is -1.41. The van der Waals surface area contributed by atoms with Crippen molar-refractivity contribution in [3.63, 3.8) is 0 Å². The van der Waals surface area contributed by atoms with Gasteiger partial charge in [-0.05, 0) is 42.2 Å². The fourth-order valence-corrected chi connectivity index (χ4v) is 2.10.